The van der Waals surface area contributed by atoms with Gasteiger partial charge in [0, 0.05) is 11.5 Å². The number of carbonyl (C=O) groups is 1. The van der Waals surface area contributed by atoms with Crippen LogP contribution in [-0.4, -0.2) is 37.9 Å². The van der Waals surface area contributed by atoms with Crippen LogP contribution in [0.4, 0.5) is 10.7 Å². The summed E-state index contributed by atoms with van der Waals surface area (Å²) in [6, 6.07) is 3.89. The molecule has 1 aliphatic carbocycles. The zero-order valence-electron chi connectivity index (χ0n) is 16.0. The van der Waals surface area contributed by atoms with Crippen molar-refractivity contribution in [3.8, 4) is 0 Å². The molecule has 3 heterocycles. The summed E-state index contributed by atoms with van der Waals surface area (Å²) in [5.74, 6) is 1.10. The summed E-state index contributed by atoms with van der Waals surface area (Å²) < 4.78 is 6.08. The van der Waals surface area contributed by atoms with Gasteiger partial charge in [-0.2, -0.15) is 29.2 Å². The number of ether oxygens (including phenoxy) is 1. The van der Waals surface area contributed by atoms with Crippen LogP contribution in [0.2, 0.25) is 0 Å². The summed E-state index contributed by atoms with van der Waals surface area (Å²) in [4.78, 5) is 35.1. The van der Waals surface area contributed by atoms with E-state index in [1.54, 1.807) is 10.9 Å². The Balaban J connectivity index is 0.00000240. The van der Waals surface area contributed by atoms with E-state index in [9.17, 15) is 9.59 Å². The Labute approximate surface area is 159 Å². The van der Waals surface area contributed by atoms with Gasteiger partial charge in [-0.25, -0.2) is 9.78 Å². The minimum Gasteiger partial charge on any atom is -0.453 e. The van der Waals surface area contributed by atoms with Crippen LogP contribution in [0, 0.1) is 5.92 Å². The van der Waals surface area contributed by atoms with Crippen molar-refractivity contribution >= 4 is 34.7 Å². The number of allylic oxidation sites excluding steroid dienone is 2. The third-order valence-electron chi connectivity index (χ3n) is 4.30. The van der Waals surface area contributed by atoms with Crippen molar-refractivity contribution in [3.63, 3.8) is 0 Å². The number of nitrogens with zero attached hydrogens (tertiary/aromatic N) is 4. The summed E-state index contributed by atoms with van der Waals surface area (Å²) in [5, 5.41) is 8.49. The number of methoxy groups -OCH3 is 1. The van der Waals surface area contributed by atoms with E-state index >= 15 is 0 Å². The third-order valence-corrected chi connectivity index (χ3v) is 4.30. The molecule has 2 N–H and O–H groups in total. The molecule has 0 atom stereocenters. The van der Waals surface area contributed by atoms with Crippen molar-refractivity contribution in [1.82, 2.24) is 24.7 Å². The number of fused-ring (bicyclic) bond motifs is 2. The van der Waals surface area contributed by atoms with Crippen molar-refractivity contribution in [3.05, 3.63) is 63.5 Å². The fourth-order valence-electron chi connectivity index (χ4n) is 3.03. The minimum atomic E-state index is -0.723. The first-order valence-electron chi connectivity index (χ1n) is 8.53. The first kappa shape index (κ1) is 18.9. The van der Waals surface area contributed by atoms with Crippen LogP contribution in [0.15, 0.2) is 41.5 Å². The minimum absolute atomic E-state index is 0. The Morgan fingerprint density at radius 1 is 1.41 bits per heavy atom. The molecular weight excluding hydrogens is 627 g/mol. The molecule has 0 bridgehead atoms. The van der Waals surface area contributed by atoms with Crippen LogP contribution in [0.3, 0.4) is 0 Å². The van der Waals surface area contributed by atoms with Gasteiger partial charge in [0.05, 0.1) is 19.9 Å². The van der Waals surface area contributed by atoms with Gasteiger partial charge in [-0.05, 0) is 0 Å². The molecule has 1 aliphatic rings. The van der Waals surface area contributed by atoms with Gasteiger partial charge in [-0.1, -0.05) is 23.8 Å². The van der Waals surface area contributed by atoms with Crippen molar-refractivity contribution < 1.29 is 9.53 Å². The van der Waals surface area contributed by atoms with E-state index in [-0.39, 0.29) is 5.95 Å². The van der Waals surface area contributed by atoms with Gasteiger partial charge < -0.3 is 4.74 Å². The molecule has 9 nitrogen and oxygen atoms in total. The van der Waals surface area contributed by atoms with Gasteiger partial charge in [0.1, 0.15) is 5.52 Å². The maximum atomic E-state index is 12.6. The molecule has 0 spiro atoms. The molecule has 0 radical (unpaired) electrons. The summed E-state index contributed by atoms with van der Waals surface area (Å²) in [5.41, 5.74) is 1.18. The van der Waals surface area contributed by atoms with E-state index < -0.39 is 11.7 Å². The zero-order chi connectivity index (χ0) is 19.7. The average molecular weight is 644 g/mol. The number of hydrogen-bond acceptors (Lipinski definition) is 6. The summed E-state index contributed by atoms with van der Waals surface area (Å²) in [6.45, 7) is 2.36. The summed E-state index contributed by atoms with van der Waals surface area (Å²) >= 11 is 0. The molecule has 10 heteroatoms. The molecule has 3 aromatic rings. The Morgan fingerprint density at radius 3 is 3.03 bits per heavy atom. The number of hydrogen-bond donors (Lipinski definition) is 2. The summed E-state index contributed by atoms with van der Waals surface area (Å²) in [6.07, 6.45) is 8.54. The molecule has 1 amide bonds. The van der Waals surface area contributed by atoms with Crippen LogP contribution in [0.5, 0.6) is 0 Å². The Kier molecular flexibility index (Phi) is 4.82. The summed E-state index contributed by atoms with van der Waals surface area (Å²) in [7, 11) is 1.23. The van der Waals surface area contributed by atoms with Crippen LogP contribution in [-0.2, 0) is 11.3 Å². The van der Waals surface area contributed by atoms with Crippen LogP contribution < -0.4 is 21.4 Å². The number of nitrogens with one attached hydrogen (secondary N) is 2. The number of amides is 1. The smallest absolute Gasteiger partial charge is 0.413 e. The molecule has 4 rings (SSSR count). The molecule has 0 aliphatic heterocycles. The fourth-order valence-corrected chi connectivity index (χ4v) is 3.03. The normalized spacial score (nSPS) is 12.6. The van der Waals surface area contributed by atoms with Crippen LogP contribution >= 0.6 is 0 Å². The molecule has 0 unspecified atom stereocenters. The SMILES string of the molecule is COC(=O)Nc1nc2cnn(CC3=c4ncccc4=C[C-](C)C=C3)c2c(=O)[nH]1.[Rf]. The second-order valence-electron chi connectivity index (χ2n) is 6.26. The Bertz CT molecular complexity index is 1280. The van der Waals surface area contributed by atoms with Crippen molar-refractivity contribution in [2.24, 2.45) is 0 Å². The van der Waals surface area contributed by atoms with Crippen molar-refractivity contribution in [1.29, 1.82) is 0 Å². The van der Waals surface area contributed by atoms with E-state index in [0.29, 0.717) is 17.6 Å². The van der Waals surface area contributed by atoms with Gasteiger partial charge >= 0.3 is 6.09 Å². The molecule has 29 heavy (non-hydrogen) atoms. The molecule has 3 aromatic heterocycles. The number of aromatic nitrogens is 5. The van der Waals surface area contributed by atoms with E-state index in [1.165, 1.54) is 13.3 Å². The maximum Gasteiger partial charge on any atom is 0.413 e. The molecule has 0 aromatic carbocycles. The number of rotatable bonds is 3. The number of aromatic amines is 1. The number of carbonyl (C=O) groups excluding carboxylic acids is 1. The predicted molar refractivity (Wildman–Crippen MR) is 104 cm³/mol. The van der Waals surface area contributed by atoms with Crippen molar-refractivity contribution in [2.45, 2.75) is 13.5 Å². The second kappa shape index (κ2) is 7.39. The predicted octanol–water partition coefficient (Wildman–Crippen LogP) is 0.488. The number of H-pyrrole nitrogens is 1. The zero-order valence-corrected chi connectivity index (χ0v) is 22.4. The monoisotopic (exact) mass is 644 g/mol. The third kappa shape index (κ3) is 3.52. The quantitative estimate of drug-likeness (QED) is 0.402. The van der Waals surface area contributed by atoms with E-state index in [0.717, 1.165) is 22.1 Å². The molecule has 0 saturated heterocycles. The largest absolute Gasteiger partial charge is 0.453 e. The Hall–Kier alpha value is -4.88. The molecule has 0 saturated carbocycles. The molecule has 0 fully saturated rings. The van der Waals surface area contributed by atoms with Crippen LogP contribution in [0.25, 0.3) is 22.7 Å². The standard InChI is InChI=1S/C19H17N6O3.Rf/c1-11-5-6-13(15-12(8-11)4-3-7-20-15)10-25-16-14(9-21-25)22-18(23-17(16)26)24-19(27)28-2;/h3-9H,10H2,1-2H3,(H2,22,23,24,26,27);/q-1;. The van der Waals surface area contributed by atoms with Gasteiger partial charge in [0.15, 0.2) is 5.52 Å². The second-order valence-corrected chi connectivity index (χ2v) is 6.26. The molecule has 144 valence electrons. The van der Waals surface area contributed by atoms with E-state index in [2.05, 4.69) is 36.2 Å². The fraction of sp³-hybridized carbons (Fsp3) is 0.158. The first-order chi connectivity index (χ1) is 13.5. The van der Waals surface area contributed by atoms with Gasteiger partial charge in [-0.15, -0.1) is 6.07 Å². The maximum absolute atomic E-state index is 12.6. The van der Waals surface area contributed by atoms with Crippen molar-refractivity contribution in [2.75, 3.05) is 12.4 Å². The number of anilines is 1. The van der Waals surface area contributed by atoms with Gasteiger partial charge in [0.25, 0.3) is 5.56 Å². The number of pyridine rings is 1. The van der Waals surface area contributed by atoms with E-state index in [4.69, 9.17) is 0 Å². The first-order valence-corrected chi connectivity index (χ1v) is 8.53. The Morgan fingerprint density at radius 2 is 2.24 bits per heavy atom. The topological polar surface area (TPSA) is 115 Å². The molecular formula is C19H17N6O3Rf-. The average Bonchev–Trinajstić information content (AvgIpc) is 3.01. The van der Waals surface area contributed by atoms with Gasteiger partial charge in [-0.3, -0.25) is 24.8 Å². The van der Waals surface area contributed by atoms with Crippen LogP contribution in [0.1, 0.15) is 6.92 Å². The van der Waals surface area contributed by atoms with E-state index in [1.807, 2.05) is 31.2 Å². The van der Waals surface area contributed by atoms with Gasteiger partial charge in [0.2, 0.25) is 5.95 Å².